The fraction of sp³-hybridized carbons (Fsp3) is 0.474. The highest BCUT2D eigenvalue weighted by atomic mass is 16.5. The van der Waals surface area contributed by atoms with Crippen LogP contribution in [-0.2, 0) is 14.3 Å². The van der Waals surface area contributed by atoms with Gasteiger partial charge >= 0.3 is 12.0 Å². The Morgan fingerprint density at radius 2 is 1.88 bits per heavy atom. The molecule has 0 aromatic heterocycles. The van der Waals surface area contributed by atoms with Crippen LogP contribution < -0.4 is 5.32 Å². The molecule has 1 heterocycles. The Kier molecular flexibility index (Phi) is 5.79. The summed E-state index contributed by atoms with van der Waals surface area (Å²) in [6.07, 6.45) is 0.309. The quantitative estimate of drug-likeness (QED) is 0.457. The van der Waals surface area contributed by atoms with Gasteiger partial charge in [0.2, 0.25) is 5.78 Å². The lowest BCUT2D eigenvalue weighted by molar-refractivity contribution is -0.143. The molecule has 0 unspecified atom stereocenters. The van der Waals surface area contributed by atoms with E-state index in [4.69, 9.17) is 4.74 Å². The monoisotopic (exact) mass is 360 g/mol. The SMILES string of the molecule is Cc1ccc(C(=O)COC(=O)CCCN2C(=O)NC(C)(C)C2=O)c(C)c1. The molecule has 1 aliphatic heterocycles. The van der Waals surface area contributed by atoms with E-state index in [9.17, 15) is 19.2 Å². The molecule has 1 aliphatic rings. The van der Waals surface area contributed by atoms with Crippen LogP contribution in [0.15, 0.2) is 18.2 Å². The first-order valence-corrected chi connectivity index (χ1v) is 8.52. The molecule has 3 amide bonds. The lowest BCUT2D eigenvalue weighted by atomic mass is 10.0. The summed E-state index contributed by atoms with van der Waals surface area (Å²) < 4.78 is 5.01. The number of nitrogens with zero attached hydrogens (tertiary/aromatic N) is 1. The van der Waals surface area contributed by atoms with Crippen molar-refractivity contribution in [3.05, 3.63) is 34.9 Å². The first-order valence-electron chi connectivity index (χ1n) is 8.52. The van der Waals surface area contributed by atoms with E-state index in [0.29, 0.717) is 5.56 Å². The first-order chi connectivity index (χ1) is 12.1. The van der Waals surface area contributed by atoms with Gasteiger partial charge in [-0.25, -0.2) is 4.79 Å². The Hall–Kier alpha value is -2.70. The van der Waals surface area contributed by atoms with Crippen molar-refractivity contribution >= 4 is 23.7 Å². The minimum Gasteiger partial charge on any atom is -0.457 e. The molecule has 1 N–H and O–H groups in total. The maximum Gasteiger partial charge on any atom is 0.325 e. The van der Waals surface area contributed by atoms with Gasteiger partial charge < -0.3 is 10.1 Å². The molecular formula is C19H24N2O5. The molecule has 1 aromatic rings. The van der Waals surface area contributed by atoms with Gasteiger partial charge in [-0.2, -0.15) is 0 Å². The number of hydrogen-bond acceptors (Lipinski definition) is 5. The molecule has 0 bridgehead atoms. The maximum atomic E-state index is 12.1. The molecule has 2 rings (SSSR count). The summed E-state index contributed by atoms with van der Waals surface area (Å²) in [5.41, 5.74) is 1.51. The third-order valence-electron chi connectivity index (χ3n) is 4.25. The van der Waals surface area contributed by atoms with Gasteiger partial charge in [-0.3, -0.25) is 19.3 Å². The summed E-state index contributed by atoms with van der Waals surface area (Å²) >= 11 is 0. The largest absolute Gasteiger partial charge is 0.457 e. The molecule has 0 saturated carbocycles. The highest BCUT2D eigenvalue weighted by Gasteiger charge is 2.43. The van der Waals surface area contributed by atoms with Crippen molar-refractivity contribution < 1.29 is 23.9 Å². The van der Waals surface area contributed by atoms with E-state index < -0.39 is 17.5 Å². The second-order valence-electron chi connectivity index (χ2n) is 7.02. The first kappa shape index (κ1) is 19.6. The fourth-order valence-electron chi connectivity index (χ4n) is 2.82. The van der Waals surface area contributed by atoms with Crippen molar-refractivity contribution in [2.45, 2.75) is 46.1 Å². The Labute approximate surface area is 152 Å². The van der Waals surface area contributed by atoms with Crippen molar-refractivity contribution in [3.63, 3.8) is 0 Å². The van der Waals surface area contributed by atoms with Gasteiger partial charge in [0.15, 0.2) is 6.61 Å². The number of carbonyl (C=O) groups is 4. The van der Waals surface area contributed by atoms with E-state index in [1.54, 1.807) is 19.9 Å². The van der Waals surface area contributed by atoms with E-state index in [0.717, 1.165) is 16.0 Å². The van der Waals surface area contributed by atoms with E-state index >= 15 is 0 Å². The number of ketones is 1. The van der Waals surface area contributed by atoms with Gasteiger partial charge in [0.1, 0.15) is 5.54 Å². The van der Waals surface area contributed by atoms with Crippen molar-refractivity contribution in [2.24, 2.45) is 0 Å². The van der Waals surface area contributed by atoms with Crippen LogP contribution in [0.5, 0.6) is 0 Å². The molecule has 0 atom stereocenters. The van der Waals surface area contributed by atoms with Crippen LogP contribution in [0, 0.1) is 13.8 Å². The van der Waals surface area contributed by atoms with Crippen LogP contribution in [0.25, 0.3) is 0 Å². The molecule has 0 spiro atoms. The lowest BCUT2D eigenvalue weighted by Gasteiger charge is -2.15. The Balaban J connectivity index is 1.76. The highest BCUT2D eigenvalue weighted by Crippen LogP contribution is 2.17. The number of ether oxygens (including phenoxy) is 1. The Morgan fingerprint density at radius 3 is 2.46 bits per heavy atom. The summed E-state index contributed by atoms with van der Waals surface area (Å²) in [4.78, 5) is 48.8. The average molecular weight is 360 g/mol. The Morgan fingerprint density at radius 1 is 1.19 bits per heavy atom. The summed E-state index contributed by atoms with van der Waals surface area (Å²) in [6.45, 7) is 6.84. The zero-order chi connectivity index (χ0) is 19.5. The van der Waals surface area contributed by atoms with Gasteiger partial charge in [0.25, 0.3) is 5.91 Å². The smallest absolute Gasteiger partial charge is 0.325 e. The summed E-state index contributed by atoms with van der Waals surface area (Å²) in [7, 11) is 0. The number of urea groups is 1. The topological polar surface area (TPSA) is 92.8 Å². The van der Waals surface area contributed by atoms with Gasteiger partial charge in [-0.15, -0.1) is 0 Å². The third kappa shape index (κ3) is 4.47. The van der Waals surface area contributed by atoms with E-state index in [2.05, 4.69) is 5.32 Å². The summed E-state index contributed by atoms with van der Waals surface area (Å²) in [5.74, 6) is -1.11. The minimum atomic E-state index is -0.921. The number of benzene rings is 1. The van der Waals surface area contributed by atoms with Crippen LogP contribution in [0.3, 0.4) is 0 Å². The maximum absolute atomic E-state index is 12.1. The van der Waals surface area contributed by atoms with Crippen molar-refractivity contribution in [1.82, 2.24) is 10.2 Å². The molecule has 0 radical (unpaired) electrons. The van der Waals surface area contributed by atoms with E-state index in [1.807, 2.05) is 26.0 Å². The van der Waals surface area contributed by atoms with Crippen LogP contribution in [0.1, 0.15) is 48.2 Å². The molecule has 140 valence electrons. The Bertz CT molecular complexity index is 754. The zero-order valence-corrected chi connectivity index (χ0v) is 15.5. The average Bonchev–Trinajstić information content (AvgIpc) is 2.74. The number of rotatable bonds is 7. The summed E-state index contributed by atoms with van der Waals surface area (Å²) in [6, 6.07) is 5.00. The molecule has 7 heteroatoms. The molecule has 0 aliphatic carbocycles. The second-order valence-corrected chi connectivity index (χ2v) is 7.02. The molecule has 7 nitrogen and oxygen atoms in total. The van der Waals surface area contributed by atoms with Crippen molar-refractivity contribution in [3.8, 4) is 0 Å². The normalized spacial score (nSPS) is 15.8. The third-order valence-corrected chi connectivity index (χ3v) is 4.25. The number of aryl methyl sites for hydroxylation is 2. The molecular weight excluding hydrogens is 336 g/mol. The van der Waals surface area contributed by atoms with Crippen LogP contribution in [-0.4, -0.2) is 47.3 Å². The number of imide groups is 1. The van der Waals surface area contributed by atoms with E-state index in [1.165, 1.54) is 0 Å². The standard InChI is InChI=1S/C19H24N2O5/c1-12-7-8-14(13(2)10-12)15(22)11-26-16(23)6-5-9-21-17(24)19(3,4)20-18(21)25/h7-8,10H,5-6,9,11H2,1-4H3,(H,20,25). The highest BCUT2D eigenvalue weighted by molar-refractivity contribution is 6.06. The zero-order valence-electron chi connectivity index (χ0n) is 15.5. The molecule has 1 fully saturated rings. The molecule has 1 aromatic carbocycles. The number of Topliss-reactive ketones (excluding diaryl/α,β-unsaturated/α-hetero) is 1. The number of amides is 3. The van der Waals surface area contributed by atoms with Gasteiger partial charge in [-0.1, -0.05) is 23.8 Å². The molecule has 26 heavy (non-hydrogen) atoms. The van der Waals surface area contributed by atoms with Crippen LogP contribution in [0.2, 0.25) is 0 Å². The van der Waals surface area contributed by atoms with Gasteiger partial charge in [-0.05, 0) is 39.7 Å². The summed E-state index contributed by atoms with van der Waals surface area (Å²) in [5, 5.41) is 2.58. The number of carbonyl (C=O) groups excluding carboxylic acids is 4. The number of esters is 1. The van der Waals surface area contributed by atoms with Crippen molar-refractivity contribution in [2.75, 3.05) is 13.2 Å². The minimum absolute atomic E-state index is 0.0254. The number of nitrogens with one attached hydrogen (secondary N) is 1. The van der Waals surface area contributed by atoms with Crippen LogP contribution >= 0.6 is 0 Å². The van der Waals surface area contributed by atoms with Crippen molar-refractivity contribution in [1.29, 1.82) is 0 Å². The second kappa shape index (κ2) is 7.68. The predicted molar refractivity (Wildman–Crippen MR) is 94.8 cm³/mol. The fourth-order valence-corrected chi connectivity index (χ4v) is 2.82. The van der Waals surface area contributed by atoms with Gasteiger partial charge in [0.05, 0.1) is 0 Å². The number of hydrogen-bond donors (Lipinski definition) is 1. The molecule has 1 saturated heterocycles. The lowest BCUT2D eigenvalue weighted by Crippen LogP contribution is -2.40. The van der Waals surface area contributed by atoms with Crippen LogP contribution in [0.4, 0.5) is 4.79 Å². The van der Waals surface area contributed by atoms with Gasteiger partial charge in [0, 0.05) is 18.5 Å². The van der Waals surface area contributed by atoms with E-state index in [-0.39, 0.29) is 37.7 Å². The predicted octanol–water partition coefficient (Wildman–Crippen LogP) is 2.14.